The Morgan fingerprint density at radius 1 is 1.23 bits per heavy atom. The van der Waals surface area contributed by atoms with Crippen molar-refractivity contribution in [3.8, 4) is 0 Å². The predicted molar refractivity (Wildman–Crippen MR) is 89.6 cm³/mol. The van der Waals surface area contributed by atoms with Gasteiger partial charge in [0.2, 0.25) is 0 Å². The molecule has 0 aromatic carbocycles. The first-order valence-electron chi connectivity index (χ1n) is 6.91. The number of halogens is 1. The van der Waals surface area contributed by atoms with Crippen LogP contribution in [0.3, 0.4) is 0 Å². The molecule has 1 heterocycles. The van der Waals surface area contributed by atoms with Gasteiger partial charge in [0.25, 0.3) is 5.91 Å². The maximum absolute atomic E-state index is 12.2. The third-order valence-electron chi connectivity index (χ3n) is 3.25. The van der Waals surface area contributed by atoms with Gasteiger partial charge in [-0.1, -0.05) is 27.7 Å². The maximum Gasteiger partial charge on any atom is 0.326 e. The number of nitrogens with one attached hydrogen (secondary N) is 1. The molecule has 0 radical (unpaired) electrons. The fourth-order valence-corrected chi connectivity index (χ4v) is 2.87. The van der Waals surface area contributed by atoms with E-state index in [1.165, 1.54) is 11.3 Å². The van der Waals surface area contributed by atoms with Gasteiger partial charge in [-0.3, -0.25) is 4.79 Å². The summed E-state index contributed by atoms with van der Waals surface area (Å²) < 4.78 is 0. The number of aromatic nitrogens is 1. The lowest BCUT2D eigenvalue weighted by Gasteiger charge is -2.17. The normalized spacial score (nSPS) is 13.6. The van der Waals surface area contributed by atoms with Crippen LogP contribution >= 0.6 is 23.7 Å². The van der Waals surface area contributed by atoms with Crippen LogP contribution < -0.4 is 11.1 Å². The molecule has 0 saturated carbocycles. The first-order chi connectivity index (χ1) is 9.65. The Morgan fingerprint density at radius 3 is 2.18 bits per heavy atom. The largest absolute Gasteiger partial charge is 0.480 e. The predicted octanol–water partition coefficient (Wildman–Crippen LogP) is 2.37. The van der Waals surface area contributed by atoms with Crippen LogP contribution in [0.1, 0.15) is 54.1 Å². The minimum absolute atomic E-state index is 0. The lowest BCUT2D eigenvalue weighted by Crippen LogP contribution is -2.44. The van der Waals surface area contributed by atoms with Gasteiger partial charge in [-0.05, 0) is 18.8 Å². The number of nitrogens with two attached hydrogens (primary N) is 1. The maximum atomic E-state index is 12.2. The van der Waals surface area contributed by atoms with Crippen molar-refractivity contribution in [3.63, 3.8) is 0 Å². The van der Waals surface area contributed by atoms with Gasteiger partial charge in [0.15, 0.2) is 0 Å². The van der Waals surface area contributed by atoms with E-state index in [9.17, 15) is 9.59 Å². The molecule has 0 saturated heterocycles. The van der Waals surface area contributed by atoms with Gasteiger partial charge in [-0.25, -0.2) is 9.78 Å². The van der Waals surface area contributed by atoms with Gasteiger partial charge < -0.3 is 16.2 Å². The molecule has 0 spiro atoms. The van der Waals surface area contributed by atoms with Crippen molar-refractivity contribution < 1.29 is 14.7 Å². The van der Waals surface area contributed by atoms with Crippen molar-refractivity contribution >= 4 is 35.6 Å². The van der Waals surface area contributed by atoms with Gasteiger partial charge in [-0.2, -0.15) is 0 Å². The fraction of sp³-hybridized carbons (Fsp3) is 0.643. The summed E-state index contributed by atoms with van der Waals surface area (Å²) in [5.74, 6) is -1.51. The molecule has 0 fully saturated rings. The number of amides is 1. The highest BCUT2D eigenvalue weighted by atomic mass is 35.5. The van der Waals surface area contributed by atoms with E-state index in [-0.39, 0.29) is 36.0 Å². The second-order valence-corrected chi connectivity index (χ2v) is 6.99. The van der Waals surface area contributed by atoms with Gasteiger partial charge in [0, 0.05) is 4.88 Å². The van der Waals surface area contributed by atoms with E-state index < -0.39 is 17.9 Å². The van der Waals surface area contributed by atoms with Gasteiger partial charge in [-0.15, -0.1) is 23.7 Å². The first-order valence-corrected chi connectivity index (χ1v) is 7.73. The highest BCUT2D eigenvalue weighted by Crippen LogP contribution is 2.26. The molecule has 0 bridgehead atoms. The summed E-state index contributed by atoms with van der Waals surface area (Å²) in [6.07, 6.45) is 0. The Labute approximate surface area is 140 Å². The molecular formula is C14H24ClN3O3S. The first kappa shape index (κ1) is 20.8. The average Bonchev–Trinajstić information content (AvgIpc) is 2.75. The number of aliphatic carboxylic acids is 1. The minimum atomic E-state index is -1.05. The monoisotopic (exact) mass is 349 g/mol. The van der Waals surface area contributed by atoms with Crippen LogP contribution in [0.5, 0.6) is 0 Å². The quantitative estimate of drug-likeness (QED) is 0.731. The van der Waals surface area contributed by atoms with Gasteiger partial charge in [0.1, 0.15) is 16.7 Å². The van der Waals surface area contributed by atoms with Crippen LogP contribution in [0.4, 0.5) is 0 Å². The summed E-state index contributed by atoms with van der Waals surface area (Å²) >= 11 is 1.38. The van der Waals surface area contributed by atoms with E-state index in [0.29, 0.717) is 5.01 Å². The van der Waals surface area contributed by atoms with Gasteiger partial charge in [0.05, 0.1) is 6.04 Å². The number of carbonyl (C=O) groups excluding carboxylic acids is 1. The van der Waals surface area contributed by atoms with E-state index >= 15 is 0 Å². The summed E-state index contributed by atoms with van der Waals surface area (Å²) in [6.45, 7) is 9.25. The highest BCUT2D eigenvalue weighted by Gasteiger charge is 2.27. The van der Waals surface area contributed by atoms with Crippen molar-refractivity contribution in [1.82, 2.24) is 10.3 Å². The number of thiazole rings is 1. The van der Waals surface area contributed by atoms with Crippen molar-refractivity contribution in [1.29, 1.82) is 0 Å². The van der Waals surface area contributed by atoms with Crippen LogP contribution in [-0.2, 0) is 4.79 Å². The number of carboxylic acid groups (broad SMARTS) is 1. The van der Waals surface area contributed by atoms with E-state index in [1.54, 1.807) is 20.8 Å². The topological polar surface area (TPSA) is 105 Å². The van der Waals surface area contributed by atoms with Crippen molar-refractivity contribution in [2.45, 2.75) is 46.7 Å². The Morgan fingerprint density at radius 2 is 1.77 bits per heavy atom. The van der Waals surface area contributed by atoms with Crippen LogP contribution in [0.25, 0.3) is 0 Å². The fourth-order valence-electron chi connectivity index (χ4n) is 1.78. The molecule has 1 amide bonds. The number of nitrogens with zero attached hydrogens (tertiary/aromatic N) is 1. The third kappa shape index (κ3) is 4.93. The Balaban J connectivity index is 0.00000441. The summed E-state index contributed by atoms with van der Waals surface area (Å²) in [5, 5.41) is 12.3. The molecule has 1 aromatic rings. The Bertz CT molecular complexity index is 531. The molecule has 0 aliphatic heterocycles. The molecule has 126 valence electrons. The second-order valence-electron chi connectivity index (χ2n) is 5.76. The molecule has 4 N–H and O–H groups in total. The molecule has 8 heteroatoms. The number of carbonyl (C=O) groups is 2. The molecule has 0 aliphatic carbocycles. The summed E-state index contributed by atoms with van der Waals surface area (Å²) in [5.41, 5.74) is 6.30. The van der Waals surface area contributed by atoms with E-state index in [2.05, 4.69) is 10.3 Å². The van der Waals surface area contributed by atoms with Gasteiger partial charge >= 0.3 is 5.97 Å². The third-order valence-corrected chi connectivity index (χ3v) is 4.32. The molecule has 1 aromatic heterocycles. The van der Waals surface area contributed by atoms with Crippen LogP contribution in [0, 0.1) is 18.8 Å². The van der Waals surface area contributed by atoms with Crippen molar-refractivity contribution in [2.75, 3.05) is 0 Å². The van der Waals surface area contributed by atoms with E-state index in [4.69, 9.17) is 10.8 Å². The molecule has 1 rings (SSSR count). The van der Waals surface area contributed by atoms with Crippen molar-refractivity contribution in [2.24, 2.45) is 17.6 Å². The number of hydrogen-bond acceptors (Lipinski definition) is 5. The Kier molecular flexibility index (Phi) is 8.00. The summed E-state index contributed by atoms with van der Waals surface area (Å²) in [7, 11) is 0. The van der Waals surface area contributed by atoms with E-state index in [0.717, 1.165) is 4.88 Å². The van der Waals surface area contributed by atoms with E-state index in [1.807, 2.05) is 13.8 Å². The smallest absolute Gasteiger partial charge is 0.326 e. The molecule has 2 atom stereocenters. The molecule has 0 aliphatic rings. The van der Waals surface area contributed by atoms with Crippen LogP contribution in [-0.4, -0.2) is 28.0 Å². The average molecular weight is 350 g/mol. The lowest BCUT2D eigenvalue weighted by molar-refractivity contribution is -0.140. The molecule has 22 heavy (non-hydrogen) atoms. The highest BCUT2D eigenvalue weighted by molar-refractivity contribution is 7.12. The zero-order valence-electron chi connectivity index (χ0n) is 13.4. The molecular weight excluding hydrogens is 326 g/mol. The standard InChI is InChI=1S/C14H23N3O3S.ClH/c1-6(2)9(15)13-17-11(8(5)21-13)12(18)16-10(7(3)4)14(19)20;/h6-7,9-10H,15H2,1-5H3,(H,16,18)(H,19,20);1H/t9-,10-;/m0./s1. The number of rotatable bonds is 6. The van der Waals surface area contributed by atoms with Crippen molar-refractivity contribution in [3.05, 3.63) is 15.6 Å². The summed E-state index contributed by atoms with van der Waals surface area (Å²) in [6, 6.07) is -1.16. The zero-order valence-corrected chi connectivity index (χ0v) is 15.0. The van der Waals surface area contributed by atoms with Crippen LogP contribution in [0.2, 0.25) is 0 Å². The molecule has 6 nitrogen and oxygen atoms in total. The SMILES string of the molecule is Cc1sc([C@@H](N)C(C)C)nc1C(=O)N[C@H](C(=O)O)C(C)C.Cl. The number of aryl methyl sites for hydroxylation is 1. The van der Waals surface area contributed by atoms with Crippen LogP contribution in [0.15, 0.2) is 0 Å². The lowest BCUT2D eigenvalue weighted by atomic mass is 10.0. The summed E-state index contributed by atoms with van der Waals surface area (Å²) in [4.78, 5) is 28.4. The number of hydrogen-bond donors (Lipinski definition) is 3. The second kappa shape index (κ2) is 8.45. The minimum Gasteiger partial charge on any atom is -0.480 e. The zero-order chi connectivity index (χ0) is 16.3. The number of carboxylic acids is 1. The Hall–Kier alpha value is -1.18. The molecule has 0 unspecified atom stereocenters.